The molecule has 3 rings (SSSR count). The molecule has 1 unspecified atom stereocenters. The molecule has 2 aliphatic rings. The normalized spacial score (nSPS) is 27.8. The summed E-state index contributed by atoms with van der Waals surface area (Å²) in [4.78, 5) is 10.3. The van der Waals surface area contributed by atoms with E-state index in [4.69, 9.17) is 0 Å². The molecule has 0 amide bonds. The maximum Gasteiger partial charge on any atom is 0.145 e. The van der Waals surface area contributed by atoms with Gasteiger partial charge in [-0.1, -0.05) is 0 Å². The molecule has 5 heteroatoms. The zero-order chi connectivity index (χ0) is 13.4. The third-order valence-corrected chi connectivity index (χ3v) is 5.56. The van der Waals surface area contributed by atoms with E-state index in [0.717, 1.165) is 42.5 Å². The van der Waals surface area contributed by atoms with E-state index in [1.165, 1.54) is 0 Å². The van der Waals surface area contributed by atoms with Crippen LogP contribution in [-0.2, 0) is 10.8 Å². The van der Waals surface area contributed by atoms with Crippen molar-refractivity contribution in [1.82, 2.24) is 9.88 Å². The molecule has 0 aromatic carbocycles. The van der Waals surface area contributed by atoms with Gasteiger partial charge in [0.25, 0.3) is 0 Å². The summed E-state index contributed by atoms with van der Waals surface area (Å²) in [5.74, 6) is 1.71. The van der Waals surface area contributed by atoms with Gasteiger partial charge in [-0.05, 0) is 32.4 Å². The molecule has 2 atom stereocenters. The van der Waals surface area contributed by atoms with Crippen molar-refractivity contribution in [2.45, 2.75) is 37.2 Å². The van der Waals surface area contributed by atoms with E-state index >= 15 is 0 Å². The van der Waals surface area contributed by atoms with Crippen molar-refractivity contribution in [3.05, 3.63) is 18.3 Å². The molecule has 19 heavy (non-hydrogen) atoms. The van der Waals surface area contributed by atoms with E-state index in [2.05, 4.69) is 28.6 Å². The fourth-order valence-corrected chi connectivity index (χ4v) is 4.31. The Balaban J connectivity index is 1.92. The lowest BCUT2D eigenvalue weighted by Crippen LogP contribution is -2.55. The summed E-state index contributed by atoms with van der Waals surface area (Å²) >= 11 is 0. The van der Waals surface area contributed by atoms with Crippen LogP contribution >= 0.6 is 0 Å². The van der Waals surface area contributed by atoms with Gasteiger partial charge in [0.2, 0.25) is 0 Å². The minimum atomic E-state index is -0.894. The van der Waals surface area contributed by atoms with Crippen molar-refractivity contribution in [2.75, 3.05) is 30.3 Å². The summed E-state index contributed by atoms with van der Waals surface area (Å²) in [6.45, 7) is 7.61. The van der Waals surface area contributed by atoms with Gasteiger partial charge in [-0.15, -0.1) is 0 Å². The zero-order valence-electron chi connectivity index (χ0n) is 11.6. The molecule has 0 N–H and O–H groups in total. The standard InChI is InChI=1S/C14H21N3OS/c1-11(2)16-7-8-17-12(10-16)5-9-19(18)13-4-3-6-15-14(13)17/h3-4,6,11-12H,5,7-10H2,1-2H3/t12-,19?/m0/s1. The molecular formula is C14H21N3OS. The Morgan fingerprint density at radius 2 is 2.26 bits per heavy atom. The fraction of sp³-hybridized carbons (Fsp3) is 0.643. The number of piperazine rings is 1. The molecule has 0 radical (unpaired) electrons. The van der Waals surface area contributed by atoms with Gasteiger partial charge in [0.15, 0.2) is 0 Å². The number of fused-ring (bicyclic) bond motifs is 3. The van der Waals surface area contributed by atoms with Gasteiger partial charge >= 0.3 is 0 Å². The van der Waals surface area contributed by atoms with Crippen LogP contribution in [0.2, 0.25) is 0 Å². The highest BCUT2D eigenvalue weighted by atomic mass is 32.2. The van der Waals surface area contributed by atoms with Crippen molar-refractivity contribution in [3.8, 4) is 0 Å². The first-order chi connectivity index (χ1) is 9.16. The Morgan fingerprint density at radius 1 is 1.42 bits per heavy atom. The summed E-state index contributed by atoms with van der Waals surface area (Å²) in [6, 6.07) is 4.90. The van der Waals surface area contributed by atoms with Crippen LogP contribution in [0.25, 0.3) is 0 Å². The second kappa shape index (κ2) is 5.21. The van der Waals surface area contributed by atoms with Crippen LogP contribution in [0.5, 0.6) is 0 Å². The number of rotatable bonds is 1. The molecule has 0 bridgehead atoms. The topological polar surface area (TPSA) is 36.4 Å². The number of pyridine rings is 1. The first kappa shape index (κ1) is 13.1. The van der Waals surface area contributed by atoms with Crippen LogP contribution in [0, 0.1) is 0 Å². The highest BCUT2D eigenvalue weighted by Gasteiger charge is 2.33. The van der Waals surface area contributed by atoms with Gasteiger partial charge < -0.3 is 4.90 Å². The maximum absolute atomic E-state index is 12.3. The molecule has 4 nitrogen and oxygen atoms in total. The van der Waals surface area contributed by atoms with Crippen LogP contribution in [0.1, 0.15) is 20.3 Å². The largest absolute Gasteiger partial charge is 0.350 e. The number of aromatic nitrogens is 1. The van der Waals surface area contributed by atoms with Crippen LogP contribution in [-0.4, -0.2) is 51.6 Å². The SMILES string of the molecule is CC(C)N1CCN2c3ncccc3S(=O)CC[C@H]2C1. The van der Waals surface area contributed by atoms with E-state index in [1.54, 1.807) is 0 Å². The highest BCUT2D eigenvalue weighted by Crippen LogP contribution is 2.30. The summed E-state index contributed by atoms with van der Waals surface area (Å²) < 4.78 is 12.3. The third-order valence-electron chi connectivity index (χ3n) is 4.15. The average Bonchev–Trinajstić information content (AvgIpc) is 2.57. The lowest BCUT2D eigenvalue weighted by Gasteiger charge is -2.43. The minimum absolute atomic E-state index is 0.455. The first-order valence-electron chi connectivity index (χ1n) is 7.01. The Kier molecular flexibility index (Phi) is 3.58. The van der Waals surface area contributed by atoms with Crippen molar-refractivity contribution in [2.24, 2.45) is 0 Å². The molecule has 1 aromatic rings. The lowest BCUT2D eigenvalue weighted by molar-refractivity contribution is 0.178. The Morgan fingerprint density at radius 3 is 3.05 bits per heavy atom. The van der Waals surface area contributed by atoms with Gasteiger partial charge in [0.1, 0.15) is 5.82 Å². The van der Waals surface area contributed by atoms with Gasteiger partial charge in [0.05, 0.1) is 15.7 Å². The molecule has 1 fully saturated rings. The minimum Gasteiger partial charge on any atom is -0.350 e. The van der Waals surface area contributed by atoms with Crippen molar-refractivity contribution in [3.63, 3.8) is 0 Å². The van der Waals surface area contributed by atoms with Crippen LogP contribution in [0.15, 0.2) is 23.2 Å². The molecule has 1 saturated heterocycles. The van der Waals surface area contributed by atoms with Crippen LogP contribution in [0.3, 0.4) is 0 Å². The molecule has 0 saturated carbocycles. The van der Waals surface area contributed by atoms with E-state index in [-0.39, 0.29) is 0 Å². The summed E-state index contributed by atoms with van der Waals surface area (Å²) in [5.41, 5.74) is 0. The van der Waals surface area contributed by atoms with Gasteiger partial charge in [-0.25, -0.2) is 4.98 Å². The summed E-state index contributed by atoms with van der Waals surface area (Å²) in [5, 5.41) is 0. The van der Waals surface area contributed by atoms with Crippen molar-refractivity contribution in [1.29, 1.82) is 0 Å². The Labute approximate surface area is 117 Å². The maximum atomic E-state index is 12.3. The second-order valence-electron chi connectivity index (χ2n) is 5.60. The number of hydrogen-bond donors (Lipinski definition) is 0. The highest BCUT2D eigenvalue weighted by molar-refractivity contribution is 7.85. The zero-order valence-corrected chi connectivity index (χ0v) is 12.4. The average molecular weight is 279 g/mol. The lowest BCUT2D eigenvalue weighted by atomic mass is 10.1. The van der Waals surface area contributed by atoms with Crippen molar-refractivity contribution < 1.29 is 4.21 Å². The molecule has 1 aromatic heterocycles. The van der Waals surface area contributed by atoms with E-state index in [1.807, 2.05) is 18.3 Å². The van der Waals surface area contributed by atoms with E-state index in [9.17, 15) is 4.21 Å². The fourth-order valence-electron chi connectivity index (χ4n) is 3.00. The Bertz CT molecular complexity index is 491. The summed E-state index contributed by atoms with van der Waals surface area (Å²) in [6.07, 6.45) is 2.80. The Hall–Kier alpha value is -0.940. The number of anilines is 1. The molecule has 0 aliphatic carbocycles. The molecule has 3 heterocycles. The molecule has 2 aliphatic heterocycles. The van der Waals surface area contributed by atoms with Gasteiger partial charge in [-0.3, -0.25) is 9.11 Å². The summed E-state index contributed by atoms with van der Waals surface area (Å²) in [7, 11) is -0.894. The van der Waals surface area contributed by atoms with E-state index < -0.39 is 10.8 Å². The van der Waals surface area contributed by atoms with Gasteiger partial charge in [-0.2, -0.15) is 0 Å². The second-order valence-corrected chi connectivity index (χ2v) is 7.14. The first-order valence-corrected chi connectivity index (χ1v) is 8.33. The molecule has 104 valence electrons. The van der Waals surface area contributed by atoms with Crippen LogP contribution < -0.4 is 4.90 Å². The quantitative estimate of drug-likeness (QED) is 0.780. The predicted octanol–water partition coefficient (Wildman–Crippen LogP) is 1.49. The number of hydrogen-bond acceptors (Lipinski definition) is 4. The number of nitrogens with zero attached hydrogens (tertiary/aromatic N) is 3. The molecular weight excluding hydrogens is 258 g/mol. The monoisotopic (exact) mass is 279 g/mol. The van der Waals surface area contributed by atoms with E-state index in [0.29, 0.717) is 12.1 Å². The van der Waals surface area contributed by atoms with Gasteiger partial charge in [0, 0.05) is 43.7 Å². The molecule has 0 spiro atoms. The third kappa shape index (κ3) is 2.41. The predicted molar refractivity (Wildman–Crippen MR) is 78.0 cm³/mol. The van der Waals surface area contributed by atoms with Crippen LogP contribution in [0.4, 0.5) is 5.82 Å². The van der Waals surface area contributed by atoms with Crippen molar-refractivity contribution >= 4 is 16.6 Å². The smallest absolute Gasteiger partial charge is 0.145 e.